The Hall–Kier alpha value is -0.910. The molecule has 1 aliphatic carbocycles. The number of rotatable bonds is 4. The van der Waals surface area contributed by atoms with Crippen LogP contribution in [0.25, 0.3) is 0 Å². The zero-order chi connectivity index (χ0) is 15.7. The molecule has 0 bridgehead atoms. The highest BCUT2D eigenvalue weighted by atomic mass is 32.2. The van der Waals surface area contributed by atoms with Crippen molar-refractivity contribution in [1.29, 1.82) is 0 Å². The number of sulfonamides is 1. The molecule has 1 fully saturated rings. The van der Waals surface area contributed by atoms with E-state index in [1.807, 2.05) is 12.1 Å². The van der Waals surface area contributed by atoms with Gasteiger partial charge < -0.3 is 5.32 Å². The van der Waals surface area contributed by atoms with Crippen LogP contribution in [-0.2, 0) is 16.6 Å². The summed E-state index contributed by atoms with van der Waals surface area (Å²) in [7, 11) is -3.60. The van der Waals surface area contributed by atoms with Gasteiger partial charge in [0.25, 0.3) is 0 Å². The van der Waals surface area contributed by atoms with Gasteiger partial charge in [0.05, 0.1) is 4.90 Å². The summed E-state index contributed by atoms with van der Waals surface area (Å²) in [5.41, 5.74) is 1.48. The Kier molecular flexibility index (Phi) is 4.76. The van der Waals surface area contributed by atoms with E-state index in [-0.39, 0.29) is 4.90 Å². The summed E-state index contributed by atoms with van der Waals surface area (Å²) >= 11 is 0. The lowest BCUT2D eigenvalue weighted by Crippen LogP contribution is -2.39. The van der Waals surface area contributed by atoms with Crippen LogP contribution in [0.4, 0.5) is 0 Å². The maximum atomic E-state index is 11.2. The molecule has 0 saturated heterocycles. The fourth-order valence-corrected chi connectivity index (χ4v) is 4.08. The molecule has 2 unspecified atom stereocenters. The predicted molar refractivity (Wildman–Crippen MR) is 85.2 cm³/mol. The topological polar surface area (TPSA) is 72.2 Å². The molecule has 1 aliphatic rings. The van der Waals surface area contributed by atoms with Gasteiger partial charge in [-0.15, -0.1) is 0 Å². The molecule has 3 N–H and O–H groups in total. The average Bonchev–Trinajstić information content (AvgIpc) is 2.33. The standard InChI is InChI=1S/C16H26N2O2S/c1-12-8-14(10-16(2,3)9-12)18-11-13-4-6-15(7-5-13)21(17,19)20/h4-7,12,14,18H,8-11H2,1-3H3,(H2,17,19,20). The molecule has 1 aromatic carbocycles. The van der Waals surface area contributed by atoms with Crippen LogP contribution in [0.3, 0.4) is 0 Å². The van der Waals surface area contributed by atoms with Crippen LogP contribution in [-0.4, -0.2) is 14.5 Å². The van der Waals surface area contributed by atoms with Crippen LogP contribution < -0.4 is 10.5 Å². The van der Waals surface area contributed by atoms with Gasteiger partial charge in [0.1, 0.15) is 0 Å². The molecule has 5 heteroatoms. The summed E-state index contributed by atoms with van der Waals surface area (Å²) in [6.45, 7) is 7.74. The van der Waals surface area contributed by atoms with Gasteiger partial charge in [-0.25, -0.2) is 13.6 Å². The average molecular weight is 310 g/mol. The maximum Gasteiger partial charge on any atom is 0.238 e. The van der Waals surface area contributed by atoms with E-state index in [2.05, 4.69) is 26.1 Å². The van der Waals surface area contributed by atoms with E-state index in [9.17, 15) is 8.42 Å². The first kappa shape index (κ1) is 16.5. The van der Waals surface area contributed by atoms with Gasteiger partial charge in [-0.1, -0.05) is 32.9 Å². The molecule has 2 atom stereocenters. The van der Waals surface area contributed by atoms with Crippen LogP contribution in [0, 0.1) is 11.3 Å². The first-order valence-corrected chi connectivity index (χ1v) is 9.05. The Morgan fingerprint density at radius 1 is 1.24 bits per heavy atom. The lowest BCUT2D eigenvalue weighted by molar-refractivity contribution is 0.151. The van der Waals surface area contributed by atoms with E-state index in [1.165, 1.54) is 19.3 Å². The van der Waals surface area contributed by atoms with Crippen molar-refractivity contribution in [3.8, 4) is 0 Å². The molecule has 4 nitrogen and oxygen atoms in total. The van der Waals surface area contributed by atoms with E-state index in [0.29, 0.717) is 11.5 Å². The summed E-state index contributed by atoms with van der Waals surface area (Å²) in [5.74, 6) is 0.746. The Morgan fingerprint density at radius 3 is 2.38 bits per heavy atom. The van der Waals surface area contributed by atoms with Crippen molar-refractivity contribution in [3.05, 3.63) is 29.8 Å². The number of nitrogens with two attached hydrogens (primary N) is 1. The molecule has 118 valence electrons. The molecule has 0 spiro atoms. The van der Waals surface area contributed by atoms with Crippen molar-refractivity contribution in [2.45, 2.75) is 57.5 Å². The van der Waals surface area contributed by atoms with Crippen LogP contribution in [0.2, 0.25) is 0 Å². The zero-order valence-corrected chi connectivity index (χ0v) is 13.9. The molecule has 0 aliphatic heterocycles. The summed E-state index contributed by atoms with van der Waals surface area (Å²) in [6.07, 6.45) is 3.68. The first-order chi connectivity index (χ1) is 9.66. The molecule has 2 rings (SSSR count). The zero-order valence-electron chi connectivity index (χ0n) is 13.1. The highest BCUT2D eigenvalue weighted by molar-refractivity contribution is 7.89. The summed E-state index contributed by atoms with van der Waals surface area (Å²) in [6, 6.07) is 7.31. The fourth-order valence-electron chi connectivity index (χ4n) is 3.56. The quantitative estimate of drug-likeness (QED) is 0.898. The maximum absolute atomic E-state index is 11.2. The molecule has 1 saturated carbocycles. The number of hydrogen-bond donors (Lipinski definition) is 2. The van der Waals surface area contributed by atoms with Crippen LogP contribution in [0.5, 0.6) is 0 Å². The number of benzene rings is 1. The molecule has 21 heavy (non-hydrogen) atoms. The van der Waals surface area contributed by atoms with E-state index in [4.69, 9.17) is 5.14 Å². The number of primary sulfonamides is 1. The predicted octanol–water partition coefficient (Wildman–Crippen LogP) is 2.64. The lowest BCUT2D eigenvalue weighted by atomic mass is 9.70. The highest BCUT2D eigenvalue weighted by Gasteiger charge is 2.31. The molecular weight excluding hydrogens is 284 g/mol. The van der Waals surface area contributed by atoms with Crippen molar-refractivity contribution >= 4 is 10.0 Å². The summed E-state index contributed by atoms with van der Waals surface area (Å²) in [5, 5.41) is 8.70. The molecule has 1 aromatic rings. The van der Waals surface area contributed by atoms with Gasteiger partial charge >= 0.3 is 0 Å². The minimum Gasteiger partial charge on any atom is -0.310 e. The number of nitrogens with one attached hydrogen (secondary N) is 1. The third-order valence-corrected chi connectivity index (χ3v) is 5.16. The third-order valence-electron chi connectivity index (χ3n) is 4.23. The van der Waals surface area contributed by atoms with E-state index >= 15 is 0 Å². The highest BCUT2D eigenvalue weighted by Crippen LogP contribution is 2.38. The van der Waals surface area contributed by atoms with Crippen molar-refractivity contribution in [2.75, 3.05) is 0 Å². The van der Waals surface area contributed by atoms with Crippen molar-refractivity contribution < 1.29 is 8.42 Å². The van der Waals surface area contributed by atoms with Gasteiger partial charge in [0.15, 0.2) is 0 Å². The van der Waals surface area contributed by atoms with Gasteiger partial charge in [-0.2, -0.15) is 0 Å². The normalized spacial score (nSPS) is 25.7. The third kappa shape index (κ3) is 4.80. The first-order valence-electron chi connectivity index (χ1n) is 7.51. The molecule has 0 heterocycles. The Bertz CT molecular complexity index is 579. The van der Waals surface area contributed by atoms with E-state index in [1.54, 1.807) is 12.1 Å². The Balaban J connectivity index is 1.94. The van der Waals surface area contributed by atoms with Crippen molar-refractivity contribution in [3.63, 3.8) is 0 Å². The van der Waals surface area contributed by atoms with Crippen LogP contribution in [0.15, 0.2) is 29.2 Å². The minimum absolute atomic E-state index is 0.165. The molecule has 0 radical (unpaired) electrons. The monoisotopic (exact) mass is 310 g/mol. The van der Waals surface area contributed by atoms with Gasteiger partial charge in [-0.3, -0.25) is 0 Å². The van der Waals surface area contributed by atoms with Gasteiger partial charge in [-0.05, 0) is 48.3 Å². The van der Waals surface area contributed by atoms with Crippen molar-refractivity contribution in [1.82, 2.24) is 5.32 Å². The summed E-state index contributed by atoms with van der Waals surface area (Å²) < 4.78 is 22.4. The van der Waals surface area contributed by atoms with Gasteiger partial charge in [0, 0.05) is 12.6 Å². The van der Waals surface area contributed by atoms with Crippen molar-refractivity contribution in [2.24, 2.45) is 16.5 Å². The van der Waals surface area contributed by atoms with E-state index < -0.39 is 10.0 Å². The Labute approximate surface area is 128 Å². The second-order valence-electron chi connectivity index (χ2n) is 7.18. The fraction of sp³-hybridized carbons (Fsp3) is 0.625. The molecule has 0 amide bonds. The largest absolute Gasteiger partial charge is 0.310 e. The minimum atomic E-state index is -3.60. The molecular formula is C16H26N2O2S. The van der Waals surface area contributed by atoms with E-state index in [0.717, 1.165) is 18.0 Å². The SMILES string of the molecule is CC1CC(NCc2ccc(S(N)(=O)=O)cc2)CC(C)(C)C1. The van der Waals surface area contributed by atoms with Gasteiger partial charge in [0.2, 0.25) is 10.0 Å². The number of hydrogen-bond acceptors (Lipinski definition) is 3. The lowest BCUT2D eigenvalue weighted by Gasteiger charge is -2.39. The molecule has 0 aromatic heterocycles. The smallest absolute Gasteiger partial charge is 0.238 e. The second-order valence-corrected chi connectivity index (χ2v) is 8.74. The second kappa shape index (κ2) is 6.07. The Morgan fingerprint density at radius 2 is 1.86 bits per heavy atom. The summed E-state index contributed by atoms with van der Waals surface area (Å²) in [4.78, 5) is 0.165. The van der Waals surface area contributed by atoms with Crippen LogP contribution in [0.1, 0.15) is 45.6 Å². The van der Waals surface area contributed by atoms with Crippen LogP contribution >= 0.6 is 0 Å².